The van der Waals surface area contributed by atoms with Gasteiger partial charge in [0.1, 0.15) is 11.5 Å². The van der Waals surface area contributed by atoms with E-state index in [2.05, 4.69) is 41.5 Å². The zero-order valence-electron chi connectivity index (χ0n) is 14.7. The molecule has 0 bridgehead atoms. The van der Waals surface area contributed by atoms with E-state index in [1.165, 1.54) is 11.1 Å². The lowest BCUT2D eigenvalue weighted by Gasteiger charge is -2.10. The van der Waals surface area contributed by atoms with Gasteiger partial charge in [0, 0.05) is 11.3 Å². The summed E-state index contributed by atoms with van der Waals surface area (Å²) in [6.45, 7) is 4.17. The van der Waals surface area contributed by atoms with Crippen LogP contribution >= 0.6 is 11.8 Å². The molecule has 0 N–H and O–H groups in total. The van der Waals surface area contributed by atoms with Gasteiger partial charge in [-0.05, 0) is 65.7 Å². The van der Waals surface area contributed by atoms with Crippen molar-refractivity contribution in [2.45, 2.75) is 24.8 Å². The Hall–Kier alpha value is -2.54. The van der Waals surface area contributed by atoms with Crippen LogP contribution in [-0.2, 0) is 5.75 Å². The van der Waals surface area contributed by atoms with Crippen LogP contribution in [-0.4, -0.2) is 34.4 Å². The summed E-state index contributed by atoms with van der Waals surface area (Å²) in [5.41, 5.74) is 4.43. The molecule has 130 valence electrons. The van der Waals surface area contributed by atoms with E-state index in [-0.39, 0.29) is 0 Å². The molecule has 0 fully saturated rings. The summed E-state index contributed by atoms with van der Waals surface area (Å²) in [4.78, 5) is 0. The molecule has 0 aliphatic carbocycles. The number of hydrogen-bond donors (Lipinski definition) is 0. The fraction of sp³-hybridized carbons (Fsp3) is 0.278. The average molecular weight is 356 g/mol. The van der Waals surface area contributed by atoms with E-state index in [0.29, 0.717) is 5.75 Å². The van der Waals surface area contributed by atoms with E-state index >= 15 is 0 Å². The lowest BCUT2D eigenvalue weighted by Crippen LogP contribution is -2.00. The van der Waals surface area contributed by atoms with E-state index in [1.807, 2.05) is 24.3 Å². The number of aryl methyl sites for hydroxylation is 2. The lowest BCUT2D eigenvalue weighted by atomic mass is 10.1. The SMILES string of the molecule is COc1ccc(OC)c(CSc2nnnn2-c2ccc(C)c(C)c2)c1. The Morgan fingerprint density at radius 3 is 2.56 bits per heavy atom. The molecular formula is C18H20N4O2S. The van der Waals surface area contributed by atoms with Gasteiger partial charge >= 0.3 is 0 Å². The Kier molecular flexibility index (Phi) is 5.23. The quantitative estimate of drug-likeness (QED) is 0.629. The first-order chi connectivity index (χ1) is 12.1. The molecule has 0 saturated carbocycles. The molecule has 25 heavy (non-hydrogen) atoms. The summed E-state index contributed by atoms with van der Waals surface area (Å²) >= 11 is 1.55. The summed E-state index contributed by atoms with van der Waals surface area (Å²) < 4.78 is 12.5. The maximum Gasteiger partial charge on any atom is 0.214 e. The largest absolute Gasteiger partial charge is 0.497 e. The monoisotopic (exact) mass is 356 g/mol. The zero-order chi connectivity index (χ0) is 17.8. The second kappa shape index (κ2) is 7.57. The number of ether oxygens (including phenoxy) is 2. The molecule has 1 aromatic heterocycles. The smallest absolute Gasteiger partial charge is 0.214 e. The van der Waals surface area contributed by atoms with Crippen molar-refractivity contribution >= 4 is 11.8 Å². The fourth-order valence-electron chi connectivity index (χ4n) is 2.43. The maximum absolute atomic E-state index is 5.43. The number of benzene rings is 2. The normalized spacial score (nSPS) is 10.7. The van der Waals surface area contributed by atoms with Crippen molar-refractivity contribution < 1.29 is 9.47 Å². The Morgan fingerprint density at radius 1 is 1.00 bits per heavy atom. The van der Waals surface area contributed by atoms with Gasteiger partial charge < -0.3 is 9.47 Å². The van der Waals surface area contributed by atoms with Crippen LogP contribution in [0.2, 0.25) is 0 Å². The Morgan fingerprint density at radius 2 is 1.84 bits per heavy atom. The van der Waals surface area contributed by atoms with Gasteiger partial charge in [-0.3, -0.25) is 0 Å². The number of aromatic nitrogens is 4. The average Bonchev–Trinajstić information content (AvgIpc) is 3.10. The number of tetrazole rings is 1. The molecule has 6 nitrogen and oxygen atoms in total. The van der Waals surface area contributed by atoms with Crippen LogP contribution < -0.4 is 9.47 Å². The third-order valence-corrected chi connectivity index (χ3v) is 4.99. The van der Waals surface area contributed by atoms with Crippen LogP contribution in [0.1, 0.15) is 16.7 Å². The Balaban J connectivity index is 1.84. The van der Waals surface area contributed by atoms with E-state index in [9.17, 15) is 0 Å². The maximum atomic E-state index is 5.43. The molecule has 0 aliphatic heterocycles. The van der Waals surface area contributed by atoms with Crippen LogP contribution in [0.3, 0.4) is 0 Å². The van der Waals surface area contributed by atoms with Gasteiger partial charge in [-0.25, -0.2) is 0 Å². The summed E-state index contributed by atoms with van der Waals surface area (Å²) in [7, 11) is 3.31. The number of thioether (sulfide) groups is 1. The molecule has 7 heteroatoms. The zero-order valence-corrected chi connectivity index (χ0v) is 15.5. The van der Waals surface area contributed by atoms with Crippen molar-refractivity contribution in [3.63, 3.8) is 0 Å². The molecule has 3 aromatic rings. The first kappa shape index (κ1) is 17.3. The van der Waals surface area contributed by atoms with Crippen molar-refractivity contribution in [2.24, 2.45) is 0 Å². The first-order valence-corrected chi connectivity index (χ1v) is 8.80. The standard InChI is InChI=1S/C18H20N4O2S/c1-12-5-6-15(9-13(12)2)22-18(19-20-21-22)25-11-14-10-16(23-3)7-8-17(14)24-4/h5-10H,11H2,1-4H3. The van der Waals surface area contributed by atoms with E-state index in [1.54, 1.807) is 30.7 Å². The molecule has 1 heterocycles. The van der Waals surface area contributed by atoms with Crippen molar-refractivity contribution in [3.05, 3.63) is 53.1 Å². The van der Waals surface area contributed by atoms with Crippen LogP contribution in [0, 0.1) is 13.8 Å². The Labute approximate surface area is 151 Å². The van der Waals surface area contributed by atoms with Crippen LogP contribution in [0.5, 0.6) is 11.5 Å². The van der Waals surface area contributed by atoms with Gasteiger partial charge in [-0.2, -0.15) is 4.68 Å². The molecule has 0 amide bonds. The predicted octanol–water partition coefficient (Wildman–Crippen LogP) is 3.59. The molecule has 0 saturated heterocycles. The third-order valence-electron chi connectivity index (χ3n) is 4.02. The third kappa shape index (κ3) is 3.76. The highest BCUT2D eigenvalue weighted by molar-refractivity contribution is 7.98. The highest BCUT2D eigenvalue weighted by Crippen LogP contribution is 2.30. The molecular weight excluding hydrogens is 336 g/mol. The predicted molar refractivity (Wildman–Crippen MR) is 97.7 cm³/mol. The summed E-state index contributed by atoms with van der Waals surface area (Å²) in [5.74, 6) is 2.29. The minimum atomic E-state index is 0.672. The summed E-state index contributed by atoms with van der Waals surface area (Å²) in [6, 6.07) is 11.9. The van der Waals surface area contributed by atoms with Crippen molar-refractivity contribution in [1.29, 1.82) is 0 Å². The Bertz CT molecular complexity index is 879. The highest BCUT2D eigenvalue weighted by atomic mass is 32.2. The second-order valence-electron chi connectivity index (χ2n) is 5.61. The van der Waals surface area contributed by atoms with Crippen LogP contribution in [0.25, 0.3) is 5.69 Å². The van der Waals surface area contributed by atoms with E-state index in [4.69, 9.17) is 9.47 Å². The lowest BCUT2D eigenvalue weighted by molar-refractivity contribution is 0.400. The molecule has 0 spiro atoms. The number of nitrogens with zero attached hydrogens (tertiary/aromatic N) is 4. The van der Waals surface area contributed by atoms with Gasteiger partial charge in [0.25, 0.3) is 0 Å². The fourth-order valence-corrected chi connectivity index (χ4v) is 3.29. The number of methoxy groups -OCH3 is 2. The van der Waals surface area contributed by atoms with Crippen LogP contribution in [0.4, 0.5) is 0 Å². The highest BCUT2D eigenvalue weighted by Gasteiger charge is 2.12. The molecule has 0 unspecified atom stereocenters. The van der Waals surface area contributed by atoms with Crippen molar-refractivity contribution in [1.82, 2.24) is 20.2 Å². The van der Waals surface area contributed by atoms with Gasteiger partial charge in [0.05, 0.1) is 19.9 Å². The van der Waals surface area contributed by atoms with Crippen molar-refractivity contribution in [2.75, 3.05) is 14.2 Å². The minimum absolute atomic E-state index is 0.672. The van der Waals surface area contributed by atoms with E-state index < -0.39 is 0 Å². The topological polar surface area (TPSA) is 62.1 Å². The van der Waals surface area contributed by atoms with Gasteiger partial charge in [-0.1, -0.05) is 17.8 Å². The van der Waals surface area contributed by atoms with Crippen molar-refractivity contribution in [3.8, 4) is 17.2 Å². The summed E-state index contributed by atoms with van der Waals surface area (Å²) in [5, 5.41) is 12.8. The van der Waals surface area contributed by atoms with Gasteiger partial charge in [-0.15, -0.1) is 5.10 Å². The summed E-state index contributed by atoms with van der Waals surface area (Å²) in [6.07, 6.45) is 0. The van der Waals surface area contributed by atoms with E-state index in [0.717, 1.165) is 27.9 Å². The molecule has 0 aliphatic rings. The minimum Gasteiger partial charge on any atom is -0.497 e. The second-order valence-corrected chi connectivity index (χ2v) is 6.55. The number of hydrogen-bond acceptors (Lipinski definition) is 6. The molecule has 2 aromatic carbocycles. The van der Waals surface area contributed by atoms with Gasteiger partial charge in [0.2, 0.25) is 5.16 Å². The van der Waals surface area contributed by atoms with Gasteiger partial charge in [0.15, 0.2) is 0 Å². The molecule has 3 rings (SSSR count). The van der Waals surface area contributed by atoms with Crippen LogP contribution in [0.15, 0.2) is 41.6 Å². The molecule has 0 atom stereocenters. The number of rotatable bonds is 6. The molecule has 0 radical (unpaired) electrons. The first-order valence-electron chi connectivity index (χ1n) is 7.82.